The fourth-order valence-corrected chi connectivity index (χ4v) is 0.480. The van der Waals surface area contributed by atoms with E-state index >= 15 is 0 Å². The molecule has 0 aliphatic carbocycles. The summed E-state index contributed by atoms with van der Waals surface area (Å²) in [4.78, 5) is 19.7. The van der Waals surface area contributed by atoms with Crippen molar-refractivity contribution in [2.45, 2.75) is 20.1 Å². The van der Waals surface area contributed by atoms with Crippen LogP contribution in [0.15, 0.2) is 25.3 Å². The van der Waals surface area contributed by atoms with E-state index in [4.69, 9.17) is 9.84 Å². The van der Waals surface area contributed by atoms with Gasteiger partial charge in [-0.05, 0) is 13.8 Å². The molecule has 5 heteroatoms. The molecule has 86 valence electrons. The minimum atomic E-state index is -0.981. The molecule has 0 aromatic heterocycles. The summed E-state index contributed by atoms with van der Waals surface area (Å²) in [6, 6.07) is 0. The normalized spacial score (nSPS) is 10.3. The monoisotopic (exact) mass is 216 g/mol. The van der Waals surface area contributed by atoms with E-state index in [1.54, 1.807) is 6.92 Å². The summed E-state index contributed by atoms with van der Waals surface area (Å²) in [5.41, 5.74) is 0. The average molecular weight is 216 g/mol. The maximum Gasteiger partial charge on any atom is 0.332 e. The zero-order valence-corrected chi connectivity index (χ0v) is 8.93. The molecule has 15 heavy (non-hydrogen) atoms. The first-order valence-corrected chi connectivity index (χ1v) is 4.27. The maximum atomic E-state index is 10.5. The first-order valence-electron chi connectivity index (χ1n) is 4.27. The number of hydrogen-bond donors (Lipinski definition) is 1. The van der Waals surface area contributed by atoms with E-state index in [1.165, 1.54) is 0 Å². The second kappa shape index (κ2) is 10.5. The van der Waals surface area contributed by atoms with Gasteiger partial charge in [-0.1, -0.05) is 13.2 Å². The Morgan fingerprint density at radius 3 is 2.13 bits per heavy atom. The van der Waals surface area contributed by atoms with Crippen molar-refractivity contribution in [2.75, 3.05) is 6.61 Å². The van der Waals surface area contributed by atoms with Gasteiger partial charge in [-0.2, -0.15) is 0 Å². The first-order chi connectivity index (χ1) is 6.97. The summed E-state index contributed by atoms with van der Waals surface area (Å²) in [7, 11) is 0. The highest BCUT2D eigenvalue weighted by Crippen LogP contribution is 1.93. The highest BCUT2D eigenvalue weighted by Gasteiger charge is 2.03. The highest BCUT2D eigenvalue weighted by molar-refractivity contribution is 5.81. The summed E-state index contributed by atoms with van der Waals surface area (Å²) in [6.07, 6.45) is 1.46. The van der Waals surface area contributed by atoms with Gasteiger partial charge in [0.05, 0.1) is 0 Å². The van der Waals surface area contributed by atoms with Crippen LogP contribution in [0.2, 0.25) is 0 Å². The average Bonchev–Trinajstić information content (AvgIpc) is 2.18. The third-order valence-electron chi connectivity index (χ3n) is 1.02. The van der Waals surface area contributed by atoms with Gasteiger partial charge in [0.1, 0.15) is 0 Å². The van der Waals surface area contributed by atoms with Crippen molar-refractivity contribution in [1.29, 1.82) is 0 Å². The molecule has 0 saturated carbocycles. The quantitative estimate of drug-likeness (QED) is 0.426. The standard InChI is InChI=1S/C7H12O3.C3H4O2/c1-4-7(8)10-6(3)9-5-2;1-2-3(4)5/h4,6H,1,5H2,2-3H3;2H,1H2,(H,4,5). The van der Waals surface area contributed by atoms with Crippen molar-refractivity contribution in [3.8, 4) is 0 Å². The van der Waals surface area contributed by atoms with Gasteiger partial charge in [0.25, 0.3) is 0 Å². The number of rotatable bonds is 5. The minimum Gasteiger partial charge on any atom is -0.478 e. The Hall–Kier alpha value is -1.62. The van der Waals surface area contributed by atoms with Crippen molar-refractivity contribution < 1.29 is 24.2 Å². The minimum absolute atomic E-state index is 0.457. The lowest BCUT2D eigenvalue weighted by atomic mass is 10.6. The number of carbonyl (C=O) groups excluding carboxylic acids is 1. The number of ether oxygens (including phenoxy) is 2. The third-order valence-corrected chi connectivity index (χ3v) is 1.02. The number of carbonyl (C=O) groups is 2. The molecule has 0 bridgehead atoms. The van der Waals surface area contributed by atoms with Gasteiger partial charge in [-0.15, -0.1) is 0 Å². The SMILES string of the molecule is C=CC(=O)O.C=CC(=O)OC(C)OCC. The molecular formula is C10H16O5. The van der Waals surface area contributed by atoms with E-state index in [0.29, 0.717) is 6.61 Å². The largest absolute Gasteiger partial charge is 0.478 e. The number of aliphatic carboxylic acids is 1. The van der Waals surface area contributed by atoms with E-state index in [0.717, 1.165) is 12.2 Å². The molecule has 0 aliphatic heterocycles. The van der Waals surface area contributed by atoms with Gasteiger partial charge in [0, 0.05) is 18.8 Å². The Labute approximate surface area is 89.0 Å². The molecule has 0 heterocycles. The van der Waals surface area contributed by atoms with Crippen LogP contribution in [0.5, 0.6) is 0 Å². The zero-order valence-electron chi connectivity index (χ0n) is 8.93. The second-order valence-electron chi connectivity index (χ2n) is 2.21. The summed E-state index contributed by atoms with van der Waals surface area (Å²) in [6.45, 7) is 10.2. The van der Waals surface area contributed by atoms with Crippen molar-refractivity contribution in [2.24, 2.45) is 0 Å². The topological polar surface area (TPSA) is 72.8 Å². The van der Waals surface area contributed by atoms with Gasteiger partial charge in [-0.25, -0.2) is 9.59 Å². The van der Waals surface area contributed by atoms with Crippen LogP contribution < -0.4 is 0 Å². The van der Waals surface area contributed by atoms with E-state index < -0.39 is 18.2 Å². The fourth-order valence-electron chi connectivity index (χ4n) is 0.480. The van der Waals surface area contributed by atoms with E-state index in [-0.39, 0.29) is 0 Å². The Morgan fingerprint density at radius 2 is 1.87 bits per heavy atom. The van der Waals surface area contributed by atoms with E-state index in [2.05, 4.69) is 17.9 Å². The maximum absolute atomic E-state index is 10.5. The van der Waals surface area contributed by atoms with Crippen LogP contribution in [0.3, 0.4) is 0 Å². The molecule has 0 amide bonds. The van der Waals surface area contributed by atoms with E-state index in [9.17, 15) is 9.59 Å². The molecule has 1 unspecified atom stereocenters. The van der Waals surface area contributed by atoms with Crippen LogP contribution in [0, 0.1) is 0 Å². The second-order valence-corrected chi connectivity index (χ2v) is 2.21. The molecule has 5 nitrogen and oxygen atoms in total. The molecule has 0 aromatic rings. The molecule has 0 rings (SSSR count). The Bertz CT molecular complexity index is 222. The Balaban J connectivity index is 0. The van der Waals surface area contributed by atoms with Crippen LogP contribution in [-0.4, -0.2) is 29.9 Å². The Morgan fingerprint density at radius 1 is 1.40 bits per heavy atom. The summed E-state index contributed by atoms with van der Waals surface area (Å²) in [5, 5.41) is 7.60. The van der Waals surface area contributed by atoms with Gasteiger partial charge >= 0.3 is 11.9 Å². The Kier molecular flexibility index (Phi) is 11.0. The fraction of sp³-hybridized carbons (Fsp3) is 0.400. The number of carboxylic acids is 1. The summed E-state index contributed by atoms with van der Waals surface area (Å²) < 4.78 is 9.58. The van der Waals surface area contributed by atoms with Gasteiger partial charge < -0.3 is 14.6 Å². The molecule has 1 atom stereocenters. The first kappa shape index (κ1) is 15.8. The molecule has 0 fully saturated rings. The molecule has 1 N–H and O–H groups in total. The van der Waals surface area contributed by atoms with Gasteiger partial charge in [-0.3, -0.25) is 0 Å². The number of carboxylic acid groups (broad SMARTS) is 1. The summed E-state index contributed by atoms with van der Waals surface area (Å²) in [5.74, 6) is -1.44. The van der Waals surface area contributed by atoms with Crippen LogP contribution >= 0.6 is 0 Å². The van der Waals surface area contributed by atoms with Crippen LogP contribution in [0.25, 0.3) is 0 Å². The lowest BCUT2D eigenvalue weighted by molar-refractivity contribution is -0.167. The van der Waals surface area contributed by atoms with Crippen molar-refractivity contribution in [3.63, 3.8) is 0 Å². The zero-order chi connectivity index (χ0) is 12.3. The molecule has 0 aliphatic rings. The molecule has 0 aromatic carbocycles. The van der Waals surface area contributed by atoms with Gasteiger partial charge in [0.15, 0.2) is 6.29 Å². The van der Waals surface area contributed by atoms with Crippen LogP contribution in [0.1, 0.15) is 13.8 Å². The molecule has 0 radical (unpaired) electrons. The third kappa shape index (κ3) is 15.2. The molecule has 0 saturated heterocycles. The molecular weight excluding hydrogens is 200 g/mol. The van der Waals surface area contributed by atoms with Crippen LogP contribution in [0.4, 0.5) is 0 Å². The molecule has 0 spiro atoms. The van der Waals surface area contributed by atoms with E-state index in [1.807, 2.05) is 6.92 Å². The lowest BCUT2D eigenvalue weighted by Crippen LogP contribution is -2.16. The predicted octanol–water partition coefficient (Wildman–Crippen LogP) is 1.36. The van der Waals surface area contributed by atoms with Crippen molar-refractivity contribution >= 4 is 11.9 Å². The smallest absolute Gasteiger partial charge is 0.332 e. The highest BCUT2D eigenvalue weighted by atomic mass is 16.7. The summed E-state index contributed by atoms with van der Waals surface area (Å²) >= 11 is 0. The number of hydrogen-bond acceptors (Lipinski definition) is 4. The van der Waals surface area contributed by atoms with Crippen molar-refractivity contribution in [1.82, 2.24) is 0 Å². The van der Waals surface area contributed by atoms with Crippen molar-refractivity contribution in [3.05, 3.63) is 25.3 Å². The lowest BCUT2D eigenvalue weighted by Gasteiger charge is -2.10. The predicted molar refractivity (Wildman–Crippen MR) is 55.2 cm³/mol. The van der Waals surface area contributed by atoms with Crippen LogP contribution in [-0.2, 0) is 19.1 Å². The number of esters is 1. The van der Waals surface area contributed by atoms with Gasteiger partial charge in [0.2, 0.25) is 0 Å².